The van der Waals surface area contributed by atoms with Gasteiger partial charge >= 0.3 is 17.9 Å². The van der Waals surface area contributed by atoms with E-state index >= 15 is 0 Å². The van der Waals surface area contributed by atoms with Crippen molar-refractivity contribution in [3.63, 3.8) is 0 Å². The lowest BCUT2D eigenvalue weighted by molar-refractivity contribution is -0.167. The Bertz CT molecular complexity index is 962. The summed E-state index contributed by atoms with van der Waals surface area (Å²) in [6, 6.07) is 0. The van der Waals surface area contributed by atoms with E-state index in [1.54, 1.807) is 0 Å². The van der Waals surface area contributed by atoms with Crippen LogP contribution in [0.15, 0.2) is 0 Å². The van der Waals surface area contributed by atoms with Gasteiger partial charge in [0.1, 0.15) is 13.2 Å². The molecule has 0 bridgehead atoms. The van der Waals surface area contributed by atoms with Crippen LogP contribution in [0.5, 0.6) is 0 Å². The Balaban J connectivity index is 4.27. The number of esters is 3. The number of carbonyl (C=O) groups is 3. The number of ether oxygens (including phenoxy) is 3. The number of hydrogen-bond donors (Lipinski definition) is 0. The summed E-state index contributed by atoms with van der Waals surface area (Å²) in [7, 11) is 0. The van der Waals surface area contributed by atoms with Gasteiger partial charge in [-0.15, -0.1) is 0 Å². The number of carbonyl (C=O) groups excluding carboxylic acids is 3. The van der Waals surface area contributed by atoms with E-state index in [1.165, 1.54) is 205 Å². The van der Waals surface area contributed by atoms with Gasteiger partial charge in [-0.1, -0.05) is 279 Å². The smallest absolute Gasteiger partial charge is 0.306 e. The largest absolute Gasteiger partial charge is 0.462 e. The summed E-state index contributed by atoms with van der Waals surface area (Å²) in [5.41, 5.74) is 0. The van der Waals surface area contributed by atoms with Crippen molar-refractivity contribution in [3.8, 4) is 0 Å². The zero-order chi connectivity index (χ0) is 46.1. The Morgan fingerprint density at radius 1 is 0.302 bits per heavy atom. The Hall–Kier alpha value is -1.59. The fourth-order valence-corrected chi connectivity index (χ4v) is 8.70. The predicted octanol–water partition coefficient (Wildman–Crippen LogP) is 18.5. The monoisotopic (exact) mass is 891 g/mol. The molecule has 0 aromatic carbocycles. The van der Waals surface area contributed by atoms with E-state index in [1.807, 2.05) is 0 Å². The third-order valence-electron chi connectivity index (χ3n) is 13.0. The van der Waals surface area contributed by atoms with Crippen LogP contribution in [0.2, 0.25) is 0 Å². The molecule has 0 unspecified atom stereocenters. The van der Waals surface area contributed by atoms with Gasteiger partial charge < -0.3 is 14.2 Å². The van der Waals surface area contributed by atoms with E-state index < -0.39 is 6.10 Å². The van der Waals surface area contributed by atoms with Crippen molar-refractivity contribution in [3.05, 3.63) is 0 Å². The molecule has 63 heavy (non-hydrogen) atoms. The molecule has 6 nitrogen and oxygen atoms in total. The second-order valence-corrected chi connectivity index (χ2v) is 20.5. The molecule has 0 saturated carbocycles. The zero-order valence-electron chi connectivity index (χ0n) is 43.2. The van der Waals surface area contributed by atoms with Crippen LogP contribution in [0.4, 0.5) is 0 Å². The van der Waals surface area contributed by atoms with Crippen molar-refractivity contribution in [1.82, 2.24) is 0 Å². The summed E-state index contributed by atoms with van der Waals surface area (Å²) in [5.74, 6) is 0.846. The van der Waals surface area contributed by atoms with Gasteiger partial charge in [0.15, 0.2) is 6.10 Å². The van der Waals surface area contributed by atoms with Crippen LogP contribution in [0, 0.1) is 11.8 Å². The summed E-state index contributed by atoms with van der Waals surface area (Å²) in [4.78, 5) is 38.1. The first kappa shape index (κ1) is 61.4. The number of hydrogen-bond acceptors (Lipinski definition) is 6. The molecule has 0 amide bonds. The van der Waals surface area contributed by atoms with Crippen LogP contribution in [-0.2, 0) is 28.6 Å². The highest BCUT2D eigenvalue weighted by Gasteiger charge is 2.19. The Kier molecular flexibility index (Phi) is 48.6. The van der Waals surface area contributed by atoms with Gasteiger partial charge in [0, 0.05) is 19.3 Å². The molecule has 6 heteroatoms. The molecule has 0 aromatic rings. The van der Waals surface area contributed by atoms with Crippen LogP contribution in [0.25, 0.3) is 0 Å². The van der Waals surface area contributed by atoms with Gasteiger partial charge in [0.2, 0.25) is 0 Å². The van der Waals surface area contributed by atoms with Crippen LogP contribution in [0.1, 0.15) is 317 Å². The van der Waals surface area contributed by atoms with Crippen molar-refractivity contribution in [2.24, 2.45) is 11.8 Å². The normalized spacial score (nSPS) is 12.0. The second kappa shape index (κ2) is 49.8. The van der Waals surface area contributed by atoms with Gasteiger partial charge in [-0.3, -0.25) is 14.4 Å². The van der Waals surface area contributed by atoms with Gasteiger partial charge in [-0.25, -0.2) is 0 Å². The minimum absolute atomic E-state index is 0.0628. The van der Waals surface area contributed by atoms with E-state index in [0.717, 1.165) is 69.6 Å². The molecule has 0 aliphatic heterocycles. The highest BCUT2D eigenvalue weighted by atomic mass is 16.6. The predicted molar refractivity (Wildman–Crippen MR) is 270 cm³/mol. The maximum Gasteiger partial charge on any atom is 0.306 e. The first-order valence-corrected chi connectivity index (χ1v) is 28.2. The van der Waals surface area contributed by atoms with Crippen molar-refractivity contribution >= 4 is 17.9 Å². The van der Waals surface area contributed by atoms with Gasteiger partial charge in [-0.05, 0) is 31.1 Å². The standard InChI is InChI=1S/C57H110O6/c1-6-7-8-9-10-11-20-27-32-37-42-47-55(58)61-50-54(51-62-56(59)48-43-38-33-28-23-19-15-17-22-26-31-36-41-46-53(4)5)63-57(60)49-44-39-34-29-24-18-14-12-13-16-21-25-30-35-40-45-52(2)3/h52-54H,6-51H2,1-5H3/t54-/m0/s1. The zero-order valence-corrected chi connectivity index (χ0v) is 43.2. The van der Waals surface area contributed by atoms with Crippen molar-refractivity contribution < 1.29 is 28.6 Å². The van der Waals surface area contributed by atoms with Crippen LogP contribution >= 0.6 is 0 Å². The molecule has 0 heterocycles. The van der Waals surface area contributed by atoms with Crippen LogP contribution in [0.3, 0.4) is 0 Å². The minimum Gasteiger partial charge on any atom is -0.462 e. The van der Waals surface area contributed by atoms with Crippen molar-refractivity contribution in [2.45, 2.75) is 323 Å². The quantitative estimate of drug-likeness (QED) is 0.0344. The molecule has 0 saturated heterocycles. The summed E-state index contributed by atoms with van der Waals surface area (Å²) in [6.07, 6.45) is 52.3. The summed E-state index contributed by atoms with van der Waals surface area (Å²) in [5, 5.41) is 0. The van der Waals surface area contributed by atoms with Crippen LogP contribution in [-0.4, -0.2) is 37.2 Å². The number of unbranched alkanes of at least 4 members (excludes halogenated alkanes) is 36. The molecule has 0 aromatic heterocycles. The average molecular weight is 892 g/mol. The summed E-state index contributed by atoms with van der Waals surface area (Å²) in [6.45, 7) is 11.4. The minimum atomic E-state index is -0.762. The first-order chi connectivity index (χ1) is 30.7. The summed E-state index contributed by atoms with van der Waals surface area (Å²) < 4.78 is 16.9. The van der Waals surface area contributed by atoms with E-state index in [2.05, 4.69) is 34.6 Å². The molecular weight excluding hydrogens is 781 g/mol. The lowest BCUT2D eigenvalue weighted by Crippen LogP contribution is -2.30. The third kappa shape index (κ3) is 51.3. The van der Waals surface area contributed by atoms with Crippen molar-refractivity contribution in [2.75, 3.05) is 13.2 Å². The maximum absolute atomic E-state index is 12.8. The van der Waals surface area contributed by atoms with Crippen molar-refractivity contribution in [1.29, 1.82) is 0 Å². The van der Waals surface area contributed by atoms with E-state index in [-0.39, 0.29) is 31.1 Å². The molecule has 374 valence electrons. The highest BCUT2D eigenvalue weighted by Crippen LogP contribution is 2.18. The van der Waals surface area contributed by atoms with E-state index in [0.29, 0.717) is 19.3 Å². The molecule has 0 fully saturated rings. The number of rotatable bonds is 51. The Morgan fingerprint density at radius 3 is 0.778 bits per heavy atom. The molecule has 0 aliphatic carbocycles. The second-order valence-electron chi connectivity index (χ2n) is 20.5. The maximum atomic E-state index is 12.8. The molecule has 0 N–H and O–H groups in total. The first-order valence-electron chi connectivity index (χ1n) is 28.2. The van der Waals surface area contributed by atoms with E-state index in [9.17, 15) is 14.4 Å². The third-order valence-corrected chi connectivity index (χ3v) is 13.0. The molecule has 0 aliphatic rings. The summed E-state index contributed by atoms with van der Waals surface area (Å²) >= 11 is 0. The lowest BCUT2D eigenvalue weighted by Gasteiger charge is -2.18. The topological polar surface area (TPSA) is 78.9 Å². The highest BCUT2D eigenvalue weighted by molar-refractivity contribution is 5.71. The fourth-order valence-electron chi connectivity index (χ4n) is 8.70. The van der Waals surface area contributed by atoms with Gasteiger partial charge in [-0.2, -0.15) is 0 Å². The Morgan fingerprint density at radius 2 is 0.524 bits per heavy atom. The Labute approximate surface area is 393 Å². The lowest BCUT2D eigenvalue weighted by atomic mass is 10.0. The van der Waals surface area contributed by atoms with Crippen LogP contribution < -0.4 is 0 Å². The fraction of sp³-hybridized carbons (Fsp3) is 0.947. The molecule has 0 rings (SSSR count). The average Bonchev–Trinajstić information content (AvgIpc) is 3.25. The molecular formula is C57H110O6. The molecule has 1 atom stereocenters. The van der Waals surface area contributed by atoms with Gasteiger partial charge in [0.05, 0.1) is 0 Å². The SMILES string of the molecule is CCCCCCCCCCCCCC(=O)OC[C@@H](COC(=O)CCCCCCCCCCCCCCCC(C)C)OC(=O)CCCCCCCCCCCCCCCCCC(C)C. The van der Waals surface area contributed by atoms with Gasteiger partial charge in [0.25, 0.3) is 0 Å². The van der Waals surface area contributed by atoms with E-state index in [4.69, 9.17) is 14.2 Å². The molecule has 0 radical (unpaired) electrons. The molecule has 0 spiro atoms.